The topological polar surface area (TPSA) is 103 Å². The van der Waals surface area contributed by atoms with Gasteiger partial charge < -0.3 is 14.3 Å². The van der Waals surface area contributed by atoms with E-state index in [1.54, 1.807) is 0 Å². The van der Waals surface area contributed by atoms with Gasteiger partial charge in [0.25, 0.3) is 0 Å². The van der Waals surface area contributed by atoms with Gasteiger partial charge in [0.1, 0.15) is 18.0 Å². The molecule has 1 aromatic heterocycles. The van der Waals surface area contributed by atoms with Crippen molar-refractivity contribution < 1.29 is 28.4 Å². The highest BCUT2D eigenvalue weighted by molar-refractivity contribution is 5.88. The van der Waals surface area contributed by atoms with Gasteiger partial charge in [0, 0.05) is 12.1 Å². The second kappa shape index (κ2) is 5.39. The van der Waals surface area contributed by atoms with Gasteiger partial charge in [-0.15, -0.1) is 0 Å². The van der Waals surface area contributed by atoms with Crippen LogP contribution in [0.25, 0.3) is 0 Å². The fourth-order valence-electron chi connectivity index (χ4n) is 1.54. The van der Waals surface area contributed by atoms with Gasteiger partial charge in [-0.25, -0.2) is 9.18 Å². The van der Waals surface area contributed by atoms with E-state index in [4.69, 9.17) is 14.3 Å². The Morgan fingerprint density at radius 2 is 2.20 bits per heavy atom. The Morgan fingerprint density at radius 1 is 1.45 bits per heavy atom. The number of hydrogen-bond donors (Lipinski definition) is 1. The molecule has 104 valence electrons. The van der Waals surface area contributed by atoms with Crippen LogP contribution in [0.3, 0.4) is 0 Å². The first-order chi connectivity index (χ1) is 9.49. The maximum Gasteiger partial charge on any atom is 0.339 e. The molecule has 0 spiro atoms. The molecule has 1 N–H and O–H groups in total. The lowest BCUT2D eigenvalue weighted by molar-refractivity contribution is -0.386. The molecular formula is C12H8FNO6. The number of furan rings is 1. The molecule has 0 bridgehead atoms. The van der Waals surface area contributed by atoms with Gasteiger partial charge in [-0.3, -0.25) is 10.1 Å². The molecule has 0 saturated heterocycles. The molecule has 1 heterocycles. The van der Waals surface area contributed by atoms with Crippen LogP contribution in [0.2, 0.25) is 0 Å². The Balaban J connectivity index is 2.22. The van der Waals surface area contributed by atoms with Crippen LogP contribution in [0.1, 0.15) is 16.1 Å². The molecular weight excluding hydrogens is 273 g/mol. The standard InChI is InChI=1S/C12H8FNO6/c13-7-1-2-9(14(17)18)10(5-7)20-6-11-8(12(15)16)3-4-19-11/h1-5H,6H2,(H,15,16). The molecule has 2 rings (SSSR count). The molecule has 1 aromatic carbocycles. The van der Waals surface area contributed by atoms with Crippen molar-refractivity contribution in [2.75, 3.05) is 0 Å². The number of halogens is 1. The van der Waals surface area contributed by atoms with E-state index in [0.717, 1.165) is 24.5 Å². The van der Waals surface area contributed by atoms with Crippen LogP contribution in [0, 0.1) is 15.9 Å². The molecule has 0 aliphatic carbocycles. The smallest absolute Gasteiger partial charge is 0.339 e. The summed E-state index contributed by atoms with van der Waals surface area (Å²) in [4.78, 5) is 20.9. The van der Waals surface area contributed by atoms with E-state index in [1.165, 1.54) is 6.07 Å². The first-order valence-corrected chi connectivity index (χ1v) is 5.35. The third-order valence-corrected chi connectivity index (χ3v) is 2.45. The van der Waals surface area contributed by atoms with Gasteiger partial charge in [0.05, 0.1) is 11.2 Å². The zero-order valence-corrected chi connectivity index (χ0v) is 9.91. The van der Waals surface area contributed by atoms with Gasteiger partial charge in [-0.2, -0.15) is 0 Å². The Kier molecular flexibility index (Phi) is 3.65. The number of nitrogens with zero attached hydrogens (tertiary/aromatic N) is 1. The summed E-state index contributed by atoms with van der Waals surface area (Å²) in [6.45, 7) is -0.362. The SMILES string of the molecule is O=C(O)c1ccoc1COc1cc(F)ccc1[N+](=O)[O-]. The lowest BCUT2D eigenvalue weighted by atomic mass is 10.2. The van der Waals surface area contributed by atoms with Gasteiger partial charge in [0.2, 0.25) is 0 Å². The molecule has 0 aliphatic rings. The second-order valence-corrected chi connectivity index (χ2v) is 3.72. The molecule has 2 aromatic rings. The van der Waals surface area contributed by atoms with Gasteiger partial charge in [-0.05, 0) is 12.1 Å². The van der Waals surface area contributed by atoms with Crippen molar-refractivity contribution in [2.45, 2.75) is 6.61 Å². The molecule has 0 amide bonds. The molecule has 8 heteroatoms. The fraction of sp³-hybridized carbons (Fsp3) is 0.0833. The van der Waals surface area contributed by atoms with E-state index in [2.05, 4.69) is 0 Å². The minimum atomic E-state index is -1.22. The summed E-state index contributed by atoms with van der Waals surface area (Å²) in [7, 11) is 0. The Hall–Kier alpha value is -2.90. The summed E-state index contributed by atoms with van der Waals surface area (Å²) >= 11 is 0. The molecule has 0 unspecified atom stereocenters. The van der Waals surface area contributed by atoms with Crippen LogP contribution < -0.4 is 4.74 Å². The summed E-state index contributed by atoms with van der Waals surface area (Å²) in [6.07, 6.45) is 1.15. The van der Waals surface area contributed by atoms with Crippen LogP contribution >= 0.6 is 0 Å². The van der Waals surface area contributed by atoms with E-state index in [9.17, 15) is 19.3 Å². The molecule has 20 heavy (non-hydrogen) atoms. The van der Waals surface area contributed by atoms with E-state index in [0.29, 0.717) is 0 Å². The van der Waals surface area contributed by atoms with Crippen molar-refractivity contribution >= 4 is 11.7 Å². The van der Waals surface area contributed by atoms with Crippen molar-refractivity contribution in [2.24, 2.45) is 0 Å². The molecule has 7 nitrogen and oxygen atoms in total. The number of rotatable bonds is 5. The maximum absolute atomic E-state index is 13.1. The van der Waals surface area contributed by atoms with Gasteiger partial charge in [0.15, 0.2) is 11.5 Å². The van der Waals surface area contributed by atoms with Crippen molar-refractivity contribution in [3.63, 3.8) is 0 Å². The Morgan fingerprint density at radius 3 is 2.85 bits per heavy atom. The fourth-order valence-corrected chi connectivity index (χ4v) is 1.54. The minimum Gasteiger partial charge on any atom is -0.479 e. The van der Waals surface area contributed by atoms with Gasteiger partial charge >= 0.3 is 11.7 Å². The molecule has 0 aliphatic heterocycles. The summed E-state index contributed by atoms with van der Waals surface area (Å²) < 4.78 is 23.0. The predicted molar refractivity (Wildman–Crippen MR) is 63.1 cm³/mol. The molecule has 0 radical (unpaired) electrons. The summed E-state index contributed by atoms with van der Waals surface area (Å²) in [5, 5.41) is 19.6. The van der Waals surface area contributed by atoms with Crippen molar-refractivity contribution in [3.8, 4) is 5.75 Å². The van der Waals surface area contributed by atoms with Crippen molar-refractivity contribution in [3.05, 3.63) is 57.8 Å². The highest BCUT2D eigenvalue weighted by Gasteiger charge is 2.19. The van der Waals surface area contributed by atoms with Crippen LogP contribution in [0.4, 0.5) is 10.1 Å². The normalized spacial score (nSPS) is 10.2. The average molecular weight is 281 g/mol. The van der Waals surface area contributed by atoms with Crippen LogP contribution in [0.15, 0.2) is 34.9 Å². The molecule has 0 fully saturated rings. The highest BCUT2D eigenvalue weighted by Crippen LogP contribution is 2.28. The van der Waals surface area contributed by atoms with Gasteiger partial charge in [-0.1, -0.05) is 0 Å². The van der Waals surface area contributed by atoms with E-state index < -0.39 is 22.4 Å². The number of nitro groups is 1. The number of hydrogen-bond acceptors (Lipinski definition) is 5. The lowest BCUT2D eigenvalue weighted by Crippen LogP contribution is -2.04. The quantitative estimate of drug-likeness (QED) is 0.667. The second-order valence-electron chi connectivity index (χ2n) is 3.72. The lowest BCUT2D eigenvalue weighted by Gasteiger charge is -2.05. The Bertz CT molecular complexity index is 666. The van der Waals surface area contributed by atoms with E-state index >= 15 is 0 Å². The van der Waals surface area contributed by atoms with E-state index in [-0.39, 0.29) is 23.7 Å². The summed E-state index contributed by atoms with van der Waals surface area (Å²) in [6, 6.07) is 3.97. The first kappa shape index (κ1) is 13.5. The monoisotopic (exact) mass is 281 g/mol. The maximum atomic E-state index is 13.1. The molecule has 0 saturated carbocycles. The zero-order valence-electron chi connectivity index (χ0n) is 9.91. The van der Waals surface area contributed by atoms with Crippen molar-refractivity contribution in [1.29, 1.82) is 0 Å². The number of benzene rings is 1. The Labute approximate surface area is 111 Å². The van der Waals surface area contributed by atoms with Crippen LogP contribution in [0.5, 0.6) is 5.75 Å². The van der Waals surface area contributed by atoms with Crippen LogP contribution in [-0.4, -0.2) is 16.0 Å². The third kappa shape index (κ3) is 2.74. The number of carboxylic acids is 1. The molecule has 0 atom stereocenters. The highest BCUT2D eigenvalue weighted by atomic mass is 19.1. The van der Waals surface area contributed by atoms with E-state index in [1.807, 2.05) is 0 Å². The number of carbonyl (C=O) groups is 1. The number of carboxylic acid groups (broad SMARTS) is 1. The zero-order chi connectivity index (χ0) is 14.7. The minimum absolute atomic E-state index is 0.0175. The number of nitro benzene ring substituents is 1. The summed E-state index contributed by atoms with van der Waals surface area (Å²) in [5.41, 5.74) is -0.543. The predicted octanol–water partition coefficient (Wildman–Crippen LogP) is 2.60. The summed E-state index contributed by atoms with van der Waals surface area (Å²) in [5.74, 6) is -2.24. The largest absolute Gasteiger partial charge is 0.479 e. The van der Waals surface area contributed by atoms with Crippen molar-refractivity contribution in [1.82, 2.24) is 0 Å². The third-order valence-electron chi connectivity index (χ3n) is 2.45. The average Bonchev–Trinajstić information content (AvgIpc) is 2.84. The first-order valence-electron chi connectivity index (χ1n) is 5.35. The number of ether oxygens (including phenoxy) is 1. The number of aromatic carboxylic acids is 1. The van der Waals surface area contributed by atoms with Crippen LogP contribution in [-0.2, 0) is 6.61 Å².